The lowest BCUT2D eigenvalue weighted by atomic mass is 10.2. The second kappa shape index (κ2) is 9.82. The summed E-state index contributed by atoms with van der Waals surface area (Å²) in [6.45, 7) is 5.85. The average molecular weight is 412 g/mol. The molecule has 1 atom stereocenters. The molecule has 0 radical (unpaired) electrons. The minimum absolute atomic E-state index is 0.0421. The molecule has 0 aliphatic heterocycles. The zero-order chi connectivity index (χ0) is 21.5. The second-order valence-electron chi connectivity index (χ2n) is 6.57. The molecular formula is C23H24O7. The molecule has 0 aliphatic carbocycles. The molecule has 2 aromatic carbocycles. The maximum Gasteiger partial charge on any atom is 0.344 e. The van der Waals surface area contributed by atoms with E-state index in [2.05, 4.69) is 0 Å². The predicted molar refractivity (Wildman–Crippen MR) is 112 cm³/mol. The number of ether oxygens (including phenoxy) is 4. The van der Waals surface area contributed by atoms with E-state index in [4.69, 9.17) is 23.4 Å². The molecule has 0 saturated heterocycles. The molecule has 7 heteroatoms. The Hall–Kier alpha value is -3.48. The Morgan fingerprint density at radius 3 is 2.53 bits per heavy atom. The zero-order valence-electron chi connectivity index (χ0n) is 17.2. The van der Waals surface area contributed by atoms with Crippen molar-refractivity contribution in [3.05, 3.63) is 59.0 Å². The van der Waals surface area contributed by atoms with Gasteiger partial charge < -0.3 is 23.4 Å². The van der Waals surface area contributed by atoms with Crippen molar-refractivity contribution >= 4 is 16.9 Å². The number of carbonyl (C=O) groups is 1. The van der Waals surface area contributed by atoms with Crippen LogP contribution < -0.4 is 19.6 Å². The van der Waals surface area contributed by atoms with E-state index in [1.807, 2.05) is 26.8 Å². The fourth-order valence-electron chi connectivity index (χ4n) is 2.66. The fraction of sp³-hybridized carbons (Fsp3) is 0.304. The molecule has 1 heterocycles. The van der Waals surface area contributed by atoms with Crippen molar-refractivity contribution in [2.45, 2.75) is 33.3 Å². The third-order valence-electron chi connectivity index (χ3n) is 4.35. The van der Waals surface area contributed by atoms with Crippen molar-refractivity contribution in [1.29, 1.82) is 0 Å². The number of benzene rings is 2. The lowest BCUT2D eigenvalue weighted by Gasteiger charge is -2.12. The molecule has 0 N–H and O–H groups in total. The van der Waals surface area contributed by atoms with Gasteiger partial charge in [-0.3, -0.25) is 4.79 Å². The maximum atomic E-state index is 12.8. The Morgan fingerprint density at radius 1 is 1.03 bits per heavy atom. The van der Waals surface area contributed by atoms with Crippen LogP contribution in [0.1, 0.15) is 27.2 Å². The van der Waals surface area contributed by atoms with Gasteiger partial charge in [-0.2, -0.15) is 0 Å². The lowest BCUT2D eigenvalue weighted by Crippen LogP contribution is -2.20. The Labute approximate surface area is 174 Å². The van der Waals surface area contributed by atoms with E-state index in [-0.39, 0.29) is 23.9 Å². The normalized spacial score (nSPS) is 11.7. The van der Waals surface area contributed by atoms with Crippen molar-refractivity contribution in [1.82, 2.24) is 0 Å². The Bertz CT molecular complexity index is 1070. The fourth-order valence-corrected chi connectivity index (χ4v) is 2.66. The summed E-state index contributed by atoms with van der Waals surface area (Å²) in [7, 11) is 0. The van der Waals surface area contributed by atoms with E-state index in [1.165, 1.54) is 6.26 Å². The first-order chi connectivity index (χ1) is 14.5. The molecule has 0 saturated carbocycles. The summed E-state index contributed by atoms with van der Waals surface area (Å²) in [5, 5.41) is 0.330. The standard InChI is InChI=1S/C23H24O7/c1-4-15(3)29-22(24)14-27-16-10-11-17-20(12-16)28-13-21(23(17)25)30-19-9-7-6-8-18(19)26-5-2/h6-13,15H,4-5,14H2,1-3H3. The van der Waals surface area contributed by atoms with E-state index in [1.54, 1.807) is 36.4 Å². The van der Waals surface area contributed by atoms with E-state index in [0.29, 0.717) is 34.8 Å². The minimum atomic E-state index is -0.456. The van der Waals surface area contributed by atoms with Gasteiger partial charge in [-0.25, -0.2) is 4.79 Å². The van der Waals surface area contributed by atoms with Crippen LogP contribution in [-0.4, -0.2) is 25.3 Å². The van der Waals surface area contributed by atoms with Crippen molar-refractivity contribution in [3.63, 3.8) is 0 Å². The molecule has 0 aliphatic rings. The van der Waals surface area contributed by atoms with Gasteiger partial charge in [0.2, 0.25) is 11.2 Å². The summed E-state index contributed by atoms with van der Waals surface area (Å²) in [6, 6.07) is 11.8. The topological polar surface area (TPSA) is 84.2 Å². The molecule has 3 rings (SSSR count). The first kappa shape index (κ1) is 21.2. The van der Waals surface area contributed by atoms with Crippen LogP contribution in [-0.2, 0) is 9.53 Å². The Morgan fingerprint density at radius 2 is 1.80 bits per heavy atom. The molecular weight excluding hydrogens is 388 g/mol. The first-order valence-electron chi connectivity index (χ1n) is 9.79. The zero-order valence-corrected chi connectivity index (χ0v) is 17.2. The Balaban J connectivity index is 1.77. The van der Waals surface area contributed by atoms with Crippen LogP contribution >= 0.6 is 0 Å². The number of esters is 1. The third kappa shape index (κ3) is 5.11. The molecule has 30 heavy (non-hydrogen) atoms. The summed E-state index contributed by atoms with van der Waals surface area (Å²) < 4.78 is 27.4. The summed E-state index contributed by atoms with van der Waals surface area (Å²) >= 11 is 0. The number of para-hydroxylation sites is 2. The molecule has 1 unspecified atom stereocenters. The number of hydrogen-bond donors (Lipinski definition) is 0. The number of fused-ring (bicyclic) bond motifs is 1. The van der Waals surface area contributed by atoms with Gasteiger partial charge in [0.05, 0.1) is 18.1 Å². The van der Waals surface area contributed by atoms with Crippen LogP contribution in [0, 0.1) is 0 Å². The van der Waals surface area contributed by atoms with Crippen LogP contribution in [0.25, 0.3) is 11.0 Å². The van der Waals surface area contributed by atoms with Gasteiger partial charge in [0, 0.05) is 6.07 Å². The van der Waals surface area contributed by atoms with Crippen LogP contribution in [0.5, 0.6) is 23.0 Å². The number of carbonyl (C=O) groups excluding carboxylic acids is 1. The molecule has 3 aromatic rings. The van der Waals surface area contributed by atoms with Crippen molar-refractivity contribution in [3.8, 4) is 23.0 Å². The van der Waals surface area contributed by atoms with E-state index in [0.717, 1.165) is 6.42 Å². The van der Waals surface area contributed by atoms with Crippen molar-refractivity contribution < 1.29 is 28.2 Å². The second-order valence-corrected chi connectivity index (χ2v) is 6.57. The van der Waals surface area contributed by atoms with Gasteiger partial charge in [-0.15, -0.1) is 0 Å². The van der Waals surface area contributed by atoms with Gasteiger partial charge in [0.25, 0.3) is 0 Å². The van der Waals surface area contributed by atoms with Crippen molar-refractivity contribution in [2.24, 2.45) is 0 Å². The highest BCUT2D eigenvalue weighted by molar-refractivity contribution is 5.79. The van der Waals surface area contributed by atoms with Crippen molar-refractivity contribution in [2.75, 3.05) is 13.2 Å². The van der Waals surface area contributed by atoms with E-state index >= 15 is 0 Å². The number of hydrogen-bond acceptors (Lipinski definition) is 7. The SMILES string of the molecule is CCOc1ccccc1Oc1coc2cc(OCC(=O)OC(C)CC)ccc2c1=O. The van der Waals surface area contributed by atoms with E-state index < -0.39 is 5.97 Å². The average Bonchev–Trinajstić information content (AvgIpc) is 2.75. The molecule has 1 aromatic heterocycles. The maximum absolute atomic E-state index is 12.8. The van der Waals surface area contributed by atoms with Gasteiger partial charge in [0.1, 0.15) is 17.6 Å². The monoisotopic (exact) mass is 412 g/mol. The lowest BCUT2D eigenvalue weighted by molar-refractivity contribution is -0.150. The summed E-state index contributed by atoms with van der Waals surface area (Å²) in [4.78, 5) is 24.5. The highest BCUT2D eigenvalue weighted by Crippen LogP contribution is 2.31. The van der Waals surface area contributed by atoms with E-state index in [9.17, 15) is 9.59 Å². The van der Waals surface area contributed by atoms with Gasteiger partial charge in [-0.05, 0) is 44.5 Å². The molecule has 0 bridgehead atoms. The first-order valence-corrected chi connectivity index (χ1v) is 9.79. The van der Waals surface area contributed by atoms with Crippen LogP contribution in [0.2, 0.25) is 0 Å². The number of rotatable bonds is 9. The highest BCUT2D eigenvalue weighted by Gasteiger charge is 2.14. The smallest absolute Gasteiger partial charge is 0.344 e. The quantitative estimate of drug-likeness (QED) is 0.471. The van der Waals surface area contributed by atoms with Gasteiger partial charge in [-0.1, -0.05) is 19.1 Å². The Kier molecular flexibility index (Phi) is 6.95. The van der Waals surface area contributed by atoms with Gasteiger partial charge >= 0.3 is 5.97 Å². The third-order valence-corrected chi connectivity index (χ3v) is 4.35. The molecule has 0 fully saturated rings. The summed E-state index contributed by atoms with van der Waals surface area (Å²) in [5.74, 6) is 0.934. The molecule has 0 spiro atoms. The van der Waals surface area contributed by atoms with Gasteiger partial charge in [0.15, 0.2) is 18.1 Å². The highest BCUT2D eigenvalue weighted by atomic mass is 16.6. The predicted octanol–water partition coefficient (Wildman–Crippen LogP) is 4.70. The van der Waals surface area contributed by atoms with Crippen LogP contribution in [0.4, 0.5) is 0 Å². The largest absolute Gasteiger partial charge is 0.490 e. The molecule has 7 nitrogen and oxygen atoms in total. The van der Waals surface area contributed by atoms with Crippen LogP contribution in [0.15, 0.2) is 57.9 Å². The molecule has 158 valence electrons. The summed E-state index contributed by atoms with van der Waals surface area (Å²) in [5.41, 5.74) is -0.0106. The summed E-state index contributed by atoms with van der Waals surface area (Å²) in [6.07, 6.45) is 1.81. The minimum Gasteiger partial charge on any atom is -0.490 e. The van der Waals surface area contributed by atoms with Crippen LogP contribution in [0.3, 0.4) is 0 Å². The molecule has 0 amide bonds.